The third-order valence-corrected chi connectivity index (χ3v) is 3.25. The molecule has 1 unspecified atom stereocenters. The highest BCUT2D eigenvalue weighted by Gasteiger charge is 2.25. The van der Waals surface area contributed by atoms with Gasteiger partial charge in [-0.15, -0.1) is 0 Å². The van der Waals surface area contributed by atoms with Gasteiger partial charge >= 0.3 is 0 Å². The van der Waals surface area contributed by atoms with E-state index in [4.69, 9.17) is 0 Å². The van der Waals surface area contributed by atoms with Gasteiger partial charge in [0.15, 0.2) is 0 Å². The summed E-state index contributed by atoms with van der Waals surface area (Å²) in [6, 6.07) is 6.44. The van der Waals surface area contributed by atoms with Gasteiger partial charge in [0.2, 0.25) is 0 Å². The Morgan fingerprint density at radius 3 is 2.17 bits per heavy atom. The van der Waals surface area contributed by atoms with Crippen LogP contribution in [0.3, 0.4) is 0 Å². The lowest BCUT2D eigenvalue weighted by Crippen LogP contribution is -2.45. The number of rotatable bonds is 6. The highest BCUT2D eigenvalue weighted by Crippen LogP contribution is 2.22. The second-order valence-electron chi connectivity index (χ2n) is 5.60. The van der Waals surface area contributed by atoms with Crippen LogP contribution in [0.25, 0.3) is 0 Å². The maximum Gasteiger partial charge on any atom is 0.0652 e. The van der Waals surface area contributed by atoms with E-state index in [1.165, 1.54) is 11.1 Å². The van der Waals surface area contributed by atoms with Gasteiger partial charge in [-0.2, -0.15) is 0 Å². The van der Waals surface area contributed by atoms with Crippen LogP contribution in [-0.2, 0) is 5.54 Å². The molecule has 3 nitrogen and oxygen atoms in total. The summed E-state index contributed by atoms with van der Waals surface area (Å²) in [6.07, 6.45) is 0. The van der Waals surface area contributed by atoms with Crippen LogP contribution in [0.2, 0.25) is 0 Å². The van der Waals surface area contributed by atoms with Crippen molar-refractivity contribution in [3.8, 4) is 0 Å². The van der Waals surface area contributed by atoms with Gasteiger partial charge in [0, 0.05) is 13.1 Å². The van der Waals surface area contributed by atoms with E-state index in [0.29, 0.717) is 0 Å². The van der Waals surface area contributed by atoms with E-state index in [0.717, 1.165) is 18.7 Å². The lowest BCUT2D eigenvalue weighted by atomic mass is 9.90. The van der Waals surface area contributed by atoms with Crippen LogP contribution in [0, 0.1) is 13.8 Å². The smallest absolute Gasteiger partial charge is 0.0652 e. The van der Waals surface area contributed by atoms with Crippen LogP contribution >= 0.6 is 0 Å². The molecule has 102 valence electrons. The first kappa shape index (κ1) is 15.2. The zero-order valence-electron chi connectivity index (χ0n) is 12.2. The average Bonchev–Trinajstić information content (AvgIpc) is 2.27. The molecule has 1 atom stereocenters. The maximum absolute atomic E-state index is 9.71. The lowest BCUT2D eigenvalue weighted by Gasteiger charge is -2.31. The van der Waals surface area contributed by atoms with Crippen molar-refractivity contribution in [2.24, 2.45) is 0 Å². The Morgan fingerprint density at radius 1 is 1.17 bits per heavy atom. The molecule has 0 spiro atoms. The number of nitrogens with one attached hydrogen (secondary N) is 1. The number of hydrogen-bond acceptors (Lipinski definition) is 3. The van der Waals surface area contributed by atoms with E-state index in [2.05, 4.69) is 63.3 Å². The molecule has 1 rings (SSSR count). The van der Waals surface area contributed by atoms with E-state index in [-0.39, 0.29) is 12.1 Å². The van der Waals surface area contributed by atoms with Crippen molar-refractivity contribution in [3.63, 3.8) is 0 Å². The number of aliphatic hydroxyl groups excluding tert-OH is 1. The van der Waals surface area contributed by atoms with E-state index in [9.17, 15) is 5.11 Å². The summed E-state index contributed by atoms with van der Waals surface area (Å²) < 4.78 is 0. The number of benzene rings is 1. The maximum atomic E-state index is 9.71. The van der Waals surface area contributed by atoms with Crippen LogP contribution < -0.4 is 5.32 Å². The topological polar surface area (TPSA) is 35.5 Å². The fraction of sp³-hybridized carbons (Fsp3) is 0.600. The first-order valence-electron chi connectivity index (χ1n) is 6.47. The predicted molar refractivity (Wildman–Crippen MR) is 76.9 cm³/mol. The second-order valence-corrected chi connectivity index (χ2v) is 5.60. The Balaban J connectivity index is 2.85. The van der Waals surface area contributed by atoms with E-state index in [1.807, 2.05) is 0 Å². The molecule has 1 aromatic rings. The van der Waals surface area contributed by atoms with Crippen molar-refractivity contribution in [2.45, 2.75) is 26.3 Å². The van der Waals surface area contributed by atoms with E-state index in [1.54, 1.807) is 0 Å². The molecule has 0 saturated carbocycles. The van der Waals surface area contributed by atoms with Gasteiger partial charge in [0.1, 0.15) is 0 Å². The van der Waals surface area contributed by atoms with Crippen molar-refractivity contribution in [1.29, 1.82) is 0 Å². The molecule has 0 saturated heterocycles. The summed E-state index contributed by atoms with van der Waals surface area (Å²) in [5, 5.41) is 13.2. The van der Waals surface area contributed by atoms with Gasteiger partial charge in [-0.1, -0.05) is 29.3 Å². The van der Waals surface area contributed by atoms with Crippen molar-refractivity contribution >= 4 is 0 Å². The largest absolute Gasteiger partial charge is 0.394 e. The van der Waals surface area contributed by atoms with Crippen LogP contribution in [0.4, 0.5) is 0 Å². The lowest BCUT2D eigenvalue weighted by molar-refractivity contribution is 0.171. The highest BCUT2D eigenvalue weighted by molar-refractivity contribution is 5.33. The number of hydrogen-bond donors (Lipinski definition) is 2. The number of nitrogens with zero attached hydrogens (tertiary/aromatic N) is 1. The third-order valence-electron chi connectivity index (χ3n) is 3.25. The summed E-state index contributed by atoms with van der Waals surface area (Å²) in [5.74, 6) is 0. The summed E-state index contributed by atoms with van der Waals surface area (Å²) in [7, 11) is 4.10. The Hall–Kier alpha value is -0.900. The molecule has 0 bridgehead atoms. The minimum Gasteiger partial charge on any atom is -0.394 e. The van der Waals surface area contributed by atoms with Crippen LogP contribution in [0.5, 0.6) is 0 Å². The third kappa shape index (κ3) is 4.09. The zero-order valence-corrected chi connectivity index (χ0v) is 12.2. The summed E-state index contributed by atoms with van der Waals surface area (Å²) in [6.45, 7) is 8.15. The van der Waals surface area contributed by atoms with Crippen molar-refractivity contribution in [3.05, 3.63) is 34.9 Å². The van der Waals surface area contributed by atoms with E-state index >= 15 is 0 Å². The average molecular weight is 250 g/mol. The Morgan fingerprint density at radius 2 is 1.72 bits per heavy atom. The van der Waals surface area contributed by atoms with Crippen molar-refractivity contribution in [1.82, 2.24) is 10.2 Å². The predicted octanol–water partition coefficient (Wildman–Crippen LogP) is 1.66. The molecule has 0 fully saturated rings. The monoisotopic (exact) mass is 250 g/mol. The molecule has 0 radical (unpaired) electrons. The van der Waals surface area contributed by atoms with Gasteiger partial charge in [-0.3, -0.25) is 0 Å². The molecule has 2 N–H and O–H groups in total. The molecular weight excluding hydrogens is 224 g/mol. The second kappa shape index (κ2) is 6.32. The molecule has 0 aromatic heterocycles. The van der Waals surface area contributed by atoms with Gasteiger partial charge < -0.3 is 15.3 Å². The fourth-order valence-corrected chi connectivity index (χ4v) is 2.10. The van der Waals surface area contributed by atoms with E-state index < -0.39 is 0 Å². The molecule has 0 aliphatic rings. The van der Waals surface area contributed by atoms with Gasteiger partial charge in [0.25, 0.3) is 0 Å². The van der Waals surface area contributed by atoms with Gasteiger partial charge in [0.05, 0.1) is 12.1 Å². The molecule has 0 aliphatic carbocycles. The Bertz CT molecular complexity index is 370. The number of likely N-dealkylation sites (N-methyl/N-ethyl adjacent to an activating group) is 1. The van der Waals surface area contributed by atoms with Crippen molar-refractivity contribution < 1.29 is 5.11 Å². The van der Waals surface area contributed by atoms with Crippen LogP contribution in [0.1, 0.15) is 23.6 Å². The Labute approximate surface area is 111 Å². The molecule has 1 aromatic carbocycles. The molecule has 0 amide bonds. The summed E-state index contributed by atoms with van der Waals surface area (Å²) in [4.78, 5) is 2.13. The quantitative estimate of drug-likeness (QED) is 0.806. The summed E-state index contributed by atoms with van der Waals surface area (Å²) >= 11 is 0. The Kier molecular flexibility index (Phi) is 5.32. The molecule has 0 aliphatic heterocycles. The standard InChI is InChI=1S/C15H26N2O/c1-12-8-13(2)10-14(9-12)15(3,11-18)16-6-7-17(4)5/h8-10,16,18H,6-7,11H2,1-5H3. The molecule has 3 heteroatoms. The minimum atomic E-state index is -0.368. The first-order chi connectivity index (χ1) is 8.37. The number of aryl methyl sites for hydroxylation is 2. The highest BCUT2D eigenvalue weighted by atomic mass is 16.3. The molecular formula is C15H26N2O. The normalized spacial score (nSPS) is 14.8. The molecule has 18 heavy (non-hydrogen) atoms. The van der Waals surface area contributed by atoms with Crippen molar-refractivity contribution in [2.75, 3.05) is 33.8 Å². The van der Waals surface area contributed by atoms with Crippen LogP contribution in [0.15, 0.2) is 18.2 Å². The van der Waals surface area contributed by atoms with Gasteiger partial charge in [-0.25, -0.2) is 0 Å². The zero-order chi connectivity index (χ0) is 13.8. The molecule has 0 heterocycles. The van der Waals surface area contributed by atoms with Gasteiger partial charge in [-0.05, 0) is 40.4 Å². The summed E-state index contributed by atoms with van der Waals surface area (Å²) in [5.41, 5.74) is 3.26. The SMILES string of the molecule is Cc1cc(C)cc(C(C)(CO)NCCN(C)C)c1. The number of aliphatic hydroxyl groups is 1. The fourth-order valence-electron chi connectivity index (χ4n) is 2.10. The first-order valence-corrected chi connectivity index (χ1v) is 6.47. The minimum absolute atomic E-state index is 0.101. The van der Waals surface area contributed by atoms with Crippen LogP contribution in [-0.4, -0.2) is 43.8 Å².